The van der Waals surface area contributed by atoms with Crippen LogP contribution in [0.4, 0.5) is 13.2 Å². The standard InChI is InChI=1S/C14H19F3O2/c1-2-3-4-5-6-11-18-12-7-9-13(10-8-12)19-14(15,16)17/h7-10H,2-6,11H2,1H3. The summed E-state index contributed by atoms with van der Waals surface area (Å²) in [5.74, 6) is 0.327. The van der Waals surface area contributed by atoms with Gasteiger partial charge in [-0.15, -0.1) is 13.2 Å². The Bertz CT molecular complexity index is 347. The summed E-state index contributed by atoms with van der Waals surface area (Å²) in [5.41, 5.74) is 0. The van der Waals surface area contributed by atoms with Gasteiger partial charge in [0.2, 0.25) is 0 Å². The third-order valence-electron chi connectivity index (χ3n) is 2.57. The van der Waals surface area contributed by atoms with E-state index in [2.05, 4.69) is 11.7 Å². The Labute approximate surface area is 111 Å². The van der Waals surface area contributed by atoms with Crippen molar-refractivity contribution < 1.29 is 22.6 Å². The topological polar surface area (TPSA) is 18.5 Å². The van der Waals surface area contributed by atoms with E-state index in [9.17, 15) is 13.2 Å². The molecule has 0 aliphatic rings. The molecule has 0 saturated heterocycles. The Balaban J connectivity index is 2.25. The second-order valence-electron chi connectivity index (χ2n) is 4.28. The van der Waals surface area contributed by atoms with Gasteiger partial charge in [-0.05, 0) is 30.7 Å². The van der Waals surface area contributed by atoms with Crippen LogP contribution in [0.1, 0.15) is 39.0 Å². The summed E-state index contributed by atoms with van der Waals surface area (Å²) in [6, 6.07) is 5.46. The van der Waals surface area contributed by atoms with Crippen molar-refractivity contribution in [2.45, 2.75) is 45.4 Å². The van der Waals surface area contributed by atoms with E-state index in [0.29, 0.717) is 12.4 Å². The van der Waals surface area contributed by atoms with Gasteiger partial charge < -0.3 is 9.47 Å². The number of hydrogen-bond donors (Lipinski definition) is 0. The van der Waals surface area contributed by atoms with Gasteiger partial charge in [0, 0.05) is 0 Å². The quantitative estimate of drug-likeness (QED) is 0.626. The smallest absolute Gasteiger partial charge is 0.494 e. The van der Waals surface area contributed by atoms with Crippen molar-refractivity contribution in [2.24, 2.45) is 0 Å². The van der Waals surface area contributed by atoms with Gasteiger partial charge in [0.1, 0.15) is 11.5 Å². The van der Waals surface area contributed by atoms with E-state index < -0.39 is 6.36 Å². The summed E-state index contributed by atoms with van der Waals surface area (Å²) < 4.78 is 45.0. The van der Waals surface area contributed by atoms with Crippen molar-refractivity contribution in [3.63, 3.8) is 0 Å². The molecule has 2 nitrogen and oxygen atoms in total. The van der Waals surface area contributed by atoms with Crippen LogP contribution in [-0.2, 0) is 0 Å². The first kappa shape index (κ1) is 15.7. The molecule has 0 spiro atoms. The number of rotatable bonds is 8. The zero-order chi connectivity index (χ0) is 14.1. The molecule has 0 aliphatic heterocycles. The van der Waals surface area contributed by atoms with Gasteiger partial charge in [-0.2, -0.15) is 0 Å². The second-order valence-corrected chi connectivity index (χ2v) is 4.28. The third-order valence-corrected chi connectivity index (χ3v) is 2.57. The van der Waals surface area contributed by atoms with Crippen LogP contribution in [0.25, 0.3) is 0 Å². The van der Waals surface area contributed by atoms with Crippen LogP contribution >= 0.6 is 0 Å². The molecule has 108 valence electrons. The van der Waals surface area contributed by atoms with E-state index >= 15 is 0 Å². The average molecular weight is 276 g/mol. The summed E-state index contributed by atoms with van der Waals surface area (Å²) >= 11 is 0. The Hall–Kier alpha value is -1.39. The Kier molecular flexibility index (Phi) is 6.53. The van der Waals surface area contributed by atoms with E-state index in [-0.39, 0.29) is 5.75 Å². The molecule has 5 heteroatoms. The molecular weight excluding hydrogens is 257 g/mol. The first-order chi connectivity index (χ1) is 9.01. The number of benzene rings is 1. The van der Waals surface area contributed by atoms with Gasteiger partial charge in [-0.1, -0.05) is 32.6 Å². The highest BCUT2D eigenvalue weighted by molar-refractivity contribution is 5.31. The fourth-order valence-electron chi connectivity index (χ4n) is 1.63. The molecule has 1 aromatic carbocycles. The molecule has 0 radical (unpaired) electrons. The van der Waals surface area contributed by atoms with Crippen LogP contribution in [0.15, 0.2) is 24.3 Å². The van der Waals surface area contributed by atoms with Crippen LogP contribution in [0.2, 0.25) is 0 Å². The lowest BCUT2D eigenvalue weighted by Crippen LogP contribution is -2.16. The molecule has 0 unspecified atom stereocenters. The lowest BCUT2D eigenvalue weighted by atomic mass is 10.2. The third kappa shape index (κ3) is 7.59. The minimum atomic E-state index is -4.65. The predicted octanol–water partition coefficient (Wildman–Crippen LogP) is 4.93. The summed E-state index contributed by atoms with van der Waals surface area (Å²) in [6.07, 6.45) is 1.04. The second kappa shape index (κ2) is 7.92. The maximum atomic E-state index is 11.9. The van der Waals surface area contributed by atoms with Gasteiger partial charge in [0.05, 0.1) is 6.61 Å². The molecule has 0 bridgehead atoms. The lowest BCUT2D eigenvalue weighted by Gasteiger charge is -2.10. The highest BCUT2D eigenvalue weighted by Crippen LogP contribution is 2.24. The molecule has 0 aromatic heterocycles. The first-order valence-corrected chi connectivity index (χ1v) is 6.50. The maximum Gasteiger partial charge on any atom is 0.573 e. The fourth-order valence-corrected chi connectivity index (χ4v) is 1.63. The number of alkyl halides is 3. The average Bonchev–Trinajstić information content (AvgIpc) is 2.34. The van der Waals surface area contributed by atoms with Crippen molar-refractivity contribution in [1.29, 1.82) is 0 Å². The monoisotopic (exact) mass is 276 g/mol. The molecule has 0 saturated carbocycles. The molecule has 19 heavy (non-hydrogen) atoms. The zero-order valence-electron chi connectivity index (χ0n) is 11.0. The largest absolute Gasteiger partial charge is 0.573 e. The molecular formula is C14H19F3O2. The van der Waals surface area contributed by atoms with Crippen LogP contribution in [0.3, 0.4) is 0 Å². The van der Waals surface area contributed by atoms with Crippen LogP contribution in [0.5, 0.6) is 11.5 Å². The van der Waals surface area contributed by atoms with Crippen molar-refractivity contribution in [3.05, 3.63) is 24.3 Å². The molecule has 0 fully saturated rings. The van der Waals surface area contributed by atoms with E-state index in [0.717, 1.165) is 12.8 Å². The maximum absolute atomic E-state index is 11.9. The minimum Gasteiger partial charge on any atom is -0.494 e. The molecule has 0 atom stereocenters. The number of unbranched alkanes of at least 4 members (excludes halogenated alkanes) is 4. The van der Waals surface area contributed by atoms with Gasteiger partial charge in [0.15, 0.2) is 0 Å². The molecule has 0 amide bonds. The van der Waals surface area contributed by atoms with E-state index in [1.54, 1.807) is 0 Å². The zero-order valence-corrected chi connectivity index (χ0v) is 11.0. The Morgan fingerprint density at radius 3 is 2.05 bits per heavy atom. The predicted molar refractivity (Wildman–Crippen MR) is 67.4 cm³/mol. The highest BCUT2D eigenvalue weighted by Gasteiger charge is 2.30. The molecule has 1 rings (SSSR count). The van der Waals surface area contributed by atoms with E-state index in [1.807, 2.05) is 0 Å². The normalized spacial score (nSPS) is 11.4. The van der Waals surface area contributed by atoms with Crippen molar-refractivity contribution in [3.8, 4) is 11.5 Å². The molecule has 0 heterocycles. The first-order valence-electron chi connectivity index (χ1n) is 6.50. The molecule has 0 N–H and O–H groups in total. The van der Waals surface area contributed by atoms with Crippen LogP contribution in [0, 0.1) is 0 Å². The van der Waals surface area contributed by atoms with Crippen LogP contribution in [-0.4, -0.2) is 13.0 Å². The molecule has 0 aliphatic carbocycles. The lowest BCUT2D eigenvalue weighted by molar-refractivity contribution is -0.274. The van der Waals surface area contributed by atoms with Gasteiger partial charge in [-0.3, -0.25) is 0 Å². The fraction of sp³-hybridized carbons (Fsp3) is 0.571. The minimum absolute atomic E-state index is 0.234. The van der Waals surface area contributed by atoms with Crippen LogP contribution < -0.4 is 9.47 Å². The summed E-state index contributed by atoms with van der Waals surface area (Å²) in [5, 5.41) is 0. The highest BCUT2D eigenvalue weighted by atomic mass is 19.4. The number of ether oxygens (including phenoxy) is 2. The van der Waals surface area contributed by atoms with Crippen molar-refractivity contribution >= 4 is 0 Å². The summed E-state index contributed by atoms with van der Waals surface area (Å²) in [7, 11) is 0. The molecule has 1 aromatic rings. The Morgan fingerprint density at radius 2 is 1.47 bits per heavy atom. The Morgan fingerprint density at radius 1 is 0.895 bits per heavy atom. The van der Waals surface area contributed by atoms with Crippen molar-refractivity contribution in [1.82, 2.24) is 0 Å². The number of hydrogen-bond acceptors (Lipinski definition) is 2. The van der Waals surface area contributed by atoms with Crippen molar-refractivity contribution in [2.75, 3.05) is 6.61 Å². The van der Waals surface area contributed by atoms with Gasteiger partial charge in [-0.25, -0.2) is 0 Å². The summed E-state index contributed by atoms with van der Waals surface area (Å²) in [4.78, 5) is 0. The van der Waals surface area contributed by atoms with E-state index in [4.69, 9.17) is 4.74 Å². The van der Waals surface area contributed by atoms with E-state index in [1.165, 1.54) is 43.5 Å². The summed E-state index contributed by atoms with van der Waals surface area (Å²) in [6.45, 7) is 2.74. The van der Waals surface area contributed by atoms with Gasteiger partial charge in [0.25, 0.3) is 0 Å². The van der Waals surface area contributed by atoms with Gasteiger partial charge >= 0.3 is 6.36 Å². The SMILES string of the molecule is CCCCCCCOc1ccc(OC(F)(F)F)cc1. The number of halogens is 3.